The Labute approximate surface area is 123 Å². The molecule has 0 aliphatic carbocycles. The molecular weight excluding hydrogens is 269 g/mol. The summed E-state index contributed by atoms with van der Waals surface area (Å²) in [5.74, 6) is 0.0116. The summed E-state index contributed by atoms with van der Waals surface area (Å²) in [5.41, 5.74) is 2.77. The summed E-state index contributed by atoms with van der Waals surface area (Å²) in [6.45, 7) is 6.79. The Bertz CT molecular complexity index is 616. The van der Waals surface area contributed by atoms with Crippen LogP contribution in [0.3, 0.4) is 0 Å². The van der Waals surface area contributed by atoms with E-state index in [0.717, 1.165) is 30.8 Å². The van der Waals surface area contributed by atoms with Gasteiger partial charge in [-0.3, -0.25) is 4.79 Å². The second-order valence-corrected chi connectivity index (χ2v) is 6.62. The Morgan fingerprint density at radius 2 is 2.19 bits per heavy atom. The first-order valence-corrected chi connectivity index (χ1v) is 7.68. The van der Waals surface area contributed by atoms with Gasteiger partial charge in [-0.1, -0.05) is 0 Å². The highest BCUT2D eigenvalue weighted by atomic mass is 19.1. The molecular formula is C16H20FN3O. The van der Waals surface area contributed by atoms with Gasteiger partial charge >= 0.3 is 0 Å². The number of benzene rings is 1. The van der Waals surface area contributed by atoms with Crippen LogP contribution in [0.2, 0.25) is 0 Å². The lowest BCUT2D eigenvalue weighted by atomic mass is 9.88. The van der Waals surface area contributed by atoms with Crippen LogP contribution in [0.15, 0.2) is 12.1 Å². The highest BCUT2D eigenvalue weighted by Crippen LogP contribution is 2.50. The first-order valence-electron chi connectivity index (χ1n) is 7.68. The molecule has 1 saturated heterocycles. The van der Waals surface area contributed by atoms with Crippen LogP contribution in [0.1, 0.15) is 31.7 Å². The van der Waals surface area contributed by atoms with Gasteiger partial charge in [-0.25, -0.2) is 4.39 Å². The van der Waals surface area contributed by atoms with E-state index in [1.54, 1.807) is 6.07 Å². The first-order chi connectivity index (χ1) is 10.0. The Kier molecular flexibility index (Phi) is 2.76. The van der Waals surface area contributed by atoms with Crippen molar-refractivity contribution in [3.8, 4) is 0 Å². The fourth-order valence-corrected chi connectivity index (χ4v) is 4.14. The highest BCUT2D eigenvalue weighted by Gasteiger charge is 2.45. The number of amides is 1. The van der Waals surface area contributed by atoms with Crippen molar-refractivity contribution in [1.29, 1.82) is 0 Å². The number of hydrogen-bond acceptors (Lipinski definition) is 3. The summed E-state index contributed by atoms with van der Waals surface area (Å²) in [5, 5.41) is 2.82. The van der Waals surface area contributed by atoms with Gasteiger partial charge < -0.3 is 15.1 Å². The van der Waals surface area contributed by atoms with Crippen molar-refractivity contribution in [2.45, 2.75) is 38.3 Å². The summed E-state index contributed by atoms with van der Waals surface area (Å²) in [6, 6.07) is 3.95. The zero-order valence-corrected chi connectivity index (χ0v) is 12.4. The minimum absolute atomic E-state index is 0.0361. The molecule has 1 fully saturated rings. The highest BCUT2D eigenvalue weighted by molar-refractivity contribution is 6.03. The quantitative estimate of drug-likeness (QED) is 0.860. The van der Waals surface area contributed by atoms with E-state index in [1.807, 2.05) is 0 Å². The van der Waals surface area contributed by atoms with Gasteiger partial charge in [-0.05, 0) is 38.0 Å². The van der Waals surface area contributed by atoms with Gasteiger partial charge in [-0.15, -0.1) is 0 Å². The number of carbonyl (C=O) groups is 1. The Morgan fingerprint density at radius 1 is 1.38 bits per heavy atom. The minimum atomic E-state index is -0.256. The van der Waals surface area contributed by atoms with E-state index in [4.69, 9.17) is 0 Å². The number of halogens is 1. The summed E-state index contributed by atoms with van der Waals surface area (Å²) >= 11 is 0. The summed E-state index contributed by atoms with van der Waals surface area (Å²) in [6.07, 6.45) is 1.03. The molecule has 0 radical (unpaired) electrons. The predicted octanol–water partition coefficient (Wildman–Crippen LogP) is 2.16. The zero-order valence-electron chi connectivity index (χ0n) is 12.4. The van der Waals surface area contributed by atoms with Crippen LogP contribution in [0.5, 0.6) is 0 Å². The van der Waals surface area contributed by atoms with E-state index in [2.05, 4.69) is 29.0 Å². The topological polar surface area (TPSA) is 35.6 Å². The van der Waals surface area contributed by atoms with Crippen LogP contribution in [-0.4, -0.2) is 42.5 Å². The van der Waals surface area contributed by atoms with Gasteiger partial charge in [0.1, 0.15) is 5.82 Å². The number of likely N-dealkylation sites (tertiary alicyclic amines) is 1. The van der Waals surface area contributed by atoms with Crippen molar-refractivity contribution in [3.63, 3.8) is 0 Å². The first kappa shape index (κ1) is 13.1. The largest absolute Gasteiger partial charge is 0.357 e. The third-order valence-corrected chi connectivity index (χ3v) is 5.12. The molecule has 4 nitrogen and oxygen atoms in total. The Hall–Kier alpha value is -1.62. The molecule has 1 aromatic carbocycles. The average Bonchev–Trinajstić information content (AvgIpc) is 2.73. The Morgan fingerprint density at radius 3 is 2.95 bits per heavy atom. The molecule has 3 aliphatic heterocycles. The second kappa shape index (κ2) is 4.44. The summed E-state index contributed by atoms with van der Waals surface area (Å²) in [7, 11) is 0. The third-order valence-electron chi connectivity index (χ3n) is 5.12. The standard InChI is InChI=1S/C16H20FN3O/c1-9(2)19-4-3-14-12(7-19)11-5-10(17)6-13-16(11)20(14)8-15(21)18-13/h5-6,9,12,14H,3-4,7-8H2,1-2H3,(H,18,21). The van der Waals surface area contributed by atoms with E-state index in [1.165, 1.54) is 6.07 Å². The molecule has 3 aliphatic rings. The van der Waals surface area contributed by atoms with Gasteiger partial charge in [0.2, 0.25) is 5.91 Å². The number of piperidine rings is 1. The Balaban J connectivity index is 1.80. The van der Waals surface area contributed by atoms with E-state index in [9.17, 15) is 9.18 Å². The molecule has 0 bridgehead atoms. The van der Waals surface area contributed by atoms with Crippen molar-refractivity contribution in [3.05, 3.63) is 23.5 Å². The van der Waals surface area contributed by atoms with Gasteiger partial charge in [0.25, 0.3) is 0 Å². The van der Waals surface area contributed by atoms with Crippen molar-refractivity contribution in [2.75, 3.05) is 29.9 Å². The lowest BCUT2D eigenvalue weighted by Gasteiger charge is -2.41. The minimum Gasteiger partial charge on any atom is -0.357 e. The average molecular weight is 289 g/mol. The molecule has 0 saturated carbocycles. The summed E-state index contributed by atoms with van der Waals surface area (Å²) < 4.78 is 13.9. The second-order valence-electron chi connectivity index (χ2n) is 6.62. The molecule has 2 atom stereocenters. The SMILES string of the molecule is CC(C)N1CCC2C(C1)c1cc(F)cc3c1N2CC(=O)N3. The fourth-order valence-electron chi connectivity index (χ4n) is 4.14. The van der Waals surface area contributed by atoms with Crippen LogP contribution >= 0.6 is 0 Å². The van der Waals surface area contributed by atoms with E-state index in [0.29, 0.717) is 30.2 Å². The normalized spacial score (nSPS) is 27.6. The zero-order chi connectivity index (χ0) is 14.7. The van der Waals surface area contributed by atoms with Crippen LogP contribution in [0.25, 0.3) is 0 Å². The molecule has 2 unspecified atom stereocenters. The monoisotopic (exact) mass is 289 g/mol. The van der Waals surface area contributed by atoms with Crippen molar-refractivity contribution >= 4 is 17.3 Å². The van der Waals surface area contributed by atoms with E-state index < -0.39 is 0 Å². The smallest absolute Gasteiger partial charge is 0.243 e. The number of anilines is 2. The molecule has 112 valence electrons. The predicted molar refractivity (Wildman–Crippen MR) is 80.2 cm³/mol. The number of hydrogen-bond donors (Lipinski definition) is 1. The van der Waals surface area contributed by atoms with Gasteiger partial charge in [0, 0.05) is 31.1 Å². The molecule has 5 heteroatoms. The lowest BCUT2D eigenvalue weighted by molar-refractivity contribution is -0.115. The van der Waals surface area contributed by atoms with Crippen molar-refractivity contribution < 1.29 is 9.18 Å². The molecule has 1 aromatic rings. The van der Waals surface area contributed by atoms with Gasteiger partial charge in [0.05, 0.1) is 17.9 Å². The number of nitrogens with zero attached hydrogens (tertiary/aromatic N) is 2. The molecule has 21 heavy (non-hydrogen) atoms. The van der Waals surface area contributed by atoms with Gasteiger partial charge in [-0.2, -0.15) is 0 Å². The fraction of sp³-hybridized carbons (Fsp3) is 0.562. The maximum absolute atomic E-state index is 13.9. The van der Waals surface area contributed by atoms with Crippen molar-refractivity contribution in [1.82, 2.24) is 4.90 Å². The van der Waals surface area contributed by atoms with Crippen LogP contribution in [0, 0.1) is 5.82 Å². The number of nitrogens with one attached hydrogen (secondary N) is 1. The number of rotatable bonds is 1. The molecule has 0 aromatic heterocycles. The molecule has 4 rings (SSSR count). The molecule has 0 spiro atoms. The van der Waals surface area contributed by atoms with E-state index in [-0.39, 0.29) is 11.7 Å². The third kappa shape index (κ3) is 1.87. The molecule has 3 heterocycles. The van der Waals surface area contributed by atoms with Crippen LogP contribution in [0.4, 0.5) is 15.8 Å². The van der Waals surface area contributed by atoms with Crippen LogP contribution in [-0.2, 0) is 4.79 Å². The molecule has 1 amide bonds. The summed E-state index contributed by atoms with van der Waals surface area (Å²) in [4.78, 5) is 16.5. The van der Waals surface area contributed by atoms with Crippen LogP contribution < -0.4 is 10.2 Å². The van der Waals surface area contributed by atoms with E-state index >= 15 is 0 Å². The molecule has 1 N–H and O–H groups in total. The maximum Gasteiger partial charge on any atom is 0.243 e. The lowest BCUT2D eigenvalue weighted by Crippen LogP contribution is -2.50. The van der Waals surface area contributed by atoms with Gasteiger partial charge in [0.15, 0.2) is 0 Å². The number of fused-ring (bicyclic) bond motifs is 3. The maximum atomic E-state index is 13.9. The van der Waals surface area contributed by atoms with Crippen molar-refractivity contribution in [2.24, 2.45) is 0 Å². The number of carbonyl (C=O) groups excluding carboxylic acids is 1.